The van der Waals surface area contributed by atoms with E-state index in [0.717, 1.165) is 42.2 Å². The van der Waals surface area contributed by atoms with Crippen LogP contribution in [0.5, 0.6) is 0 Å². The Morgan fingerprint density at radius 2 is 1.16 bits per heavy atom. The number of hydrogen-bond acceptors (Lipinski definition) is 15. The highest BCUT2D eigenvalue weighted by Crippen LogP contribution is 2.78. The summed E-state index contributed by atoms with van der Waals surface area (Å²) in [6, 6.07) is 14.6. The van der Waals surface area contributed by atoms with Crippen LogP contribution in [-0.4, -0.2) is 123 Å². The molecule has 2 spiro atoms. The lowest BCUT2D eigenvalue weighted by atomic mass is 9.52. The van der Waals surface area contributed by atoms with Gasteiger partial charge in [-0.1, -0.05) is 50.2 Å². The molecule has 51 heavy (non-hydrogen) atoms. The van der Waals surface area contributed by atoms with Crippen molar-refractivity contribution in [1.82, 2.24) is 19.6 Å². The first kappa shape index (κ1) is 33.5. The van der Waals surface area contributed by atoms with Crippen LogP contribution >= 0.6 is 62.8 Å². The van der Waals surface area contributed by atoms with Gasteiger partial charge in [-0.25, -0.2) is 0 Å². The Kier molecular flexibility index (Phi) is 6.66. The summed E-state index contributed by atoms with van der Waals surface area (Å²) >= 11 is 0. The second kappa shape index (κ2) is 10.1. The van der Waals surface area contributed by atoms with Crippen LogP contribution in [0.3, 0.4) is 0 Å². The molecule has 19 heteroatoms. The number of para-hydroxylation sites is 2. The van der Waals surface area contributed by atoms with Crippen LogP contribution in [0.15, 0.2) is 48.5 Å². The SMILES string of the molecule is CC(C)[C@@]12SSS[C@]3(C(=O)N1C)[C@@H](O)[C@@]1([C@@]45c6ccccc6N[C@H]4N4C(=O)[C@]6(CO)SSS[C@]4(C(=O)N6C)[C@H]5O)c4ccccc4N[C@@H]1N3C2=O. The van der Waals surface area contributed by atoms with Gasteiger partial charge < -0.3 is 35.8 Å². The molecule has 4 amide bonds. The molecule has 10 heterocycles. The molecule has 0 radical (unpaired) electrons. The number of aliphatic hydroxyl groups excluding tert-OH is 3. The third kappa shape index (κ3) is 3.05. The van der Waals surface area contributed by atoms with Crippen molar-refractivity contribution in [3.63, 3.8) is 0 Å². The number of benzene rings is 2. The monoisotopic (exact) mass is 804 g/mol. The first-order chi connectivity index (χ1) is 24.3. The van der Waals surface area contributed by atoms with Crippen molar-refractivity contribution in [2.24, 2.45) is 5.92 Å². The number of aliphatic hydroxyl groups is 3. The Balaban J connectivity index is 1.34. The minimum atomic E-state index is -1.92. The van der Waals surface area contributed by atoms with Gasteiger partial charge in [0.25, 0.3) is 23.6 Å². The van der Waals surface area contributed by atoms with E-state index in [1.807, 2.05) is 56.3 Å². The molecule has 10 aliphatic rings. The van der Waals surface area contributed by atoms with Gasteiger partial charge in [-0.2, -0.15) is 0 Å². The summed E-state index contributed by atoms with van der Waals surface area (Å²) in [5.74, 6) is -2.26. The number of carbonyl (C=O) groups excluding carboxylic acids is 4. The van der Waals surface area contributed by atoms with E-state index in [9.17, 15) is 20.1 Å². The van der Waals surface area contributed by atoms with E-state index in [4.69, 9.17) is 0 Å². The largest absolute Gasteiger partial charge is 0.392 e. The Labute approximate surface area is 315 Å². The van der Waals surface area contributed by atoms with Crippen LogP contribution in [0.25, 0.3) is 0 Å². The van der Waals surface area contributed by atoms with Gasteiger partial charge in [0.05, 0.1) is 17.4 Å². The van der Waals surface area contributed by atoms with E-state index in [0.29, 0.717) is 22.5 Å². The molecule has 8 fully saturated rings. The molecule has 13 nitrogen and oxygen atoms in total. The maximum absolute atomic E-state index is 15.4. The number of likely N-dealkylation sites (N-methyl/N-ethyl adjacent to an activating group) is 2. The molecule has 12 rings (SSSR count). The highest BCUT2D eigenvalue weighted by atomic mass is 33.5. The molecular weight excluding hydrogens is 773 g/mol. The van der Waals surface area contributed by atoms with Gasteiger partial charge in [-0.15, -0.1) is 0 Å². The fourth-order valence-electron chi connectivity index (χ4n) is 10.5. The summed E-state index contributed by atoms with van der Waals surface area (Å²) in [6.07, 6.45) is -5.64. The number of nitrogens with one attached hydrogen (secondary N) is 2. The van der Waals surface area contributed by atoms with Gasteiger partial charge in [0.2, 0.25) is 14.6 Å². The molecule has 5 N–H and O–H groups in total. The predicted octanol–water partition coefficient (Wildman–Crippen LogP) is 2.24. The summed E-state index contributed by atoms with van der Waals surface area (Å²) in [5, 5.41) is 45.0. The molecule has 0 aliphatic carbocycles. The Hall–Kier alpha value is -2.10. The Morgan fingerprint density at radius 3 is 1.67 bits per heavy atom. The highest BCUT2D eigenvalue weighted by Gasteiger charge is 2.92. The van der Waals surface area contributed by atoms with E-state index < -0.39 is 79.2 Å². The maximum Gasteiger partial charge on any atom is 0.265 e. The van der Waals surface area contributed by atoms with E-state index in [2.05, 4.69) is 10.6 Å². The van der Waals surface area contributed by atoms with E-state index in [-0.39, 0.29) is 11.8 Å². The topological polar surface area (TPSA) is 166 Å². The molecular formula is C32H32N6O7S6. The summed E-state index contributed by atoms with van der Waals surface area (Å²) in [6.45, 7) is 3.13. The number of piperazine rings is 2. The lowest BCUT2D eigenvalue weighted by Crippen LogP contribution is -2.75. The van der Waals surface area contributed by atoms with Crippen LogP contribution in [0.4, 0.5) is 11.4 Å². The molecule has 0 saturated carbocycles. The average Bonchev–Trinajstić information content (AvgIpc) is 3.64. The number of rotatable bonds is 3. The minimum Gasteiger partial charge on any atom is -0.392 e. The smallest absolute Gasteiger partial charge is 0.265 e. The Bertz CT molecular complexity index is 2020. The zero-order valence-corrected chi connectivity index (χ0v) is 32.3. The van der Waals surface area contributed by atoms with Gasteiger partial charge in [0.1, 0.15) is 24.5 Å². The molecule has 10 aliphatic heterocycles. The van der Waals surface area contributed by atoms with Gasteiger partial charge in [-0.05, 0) is 92.0 Å². The van der Waals surface area contributed by atoms with Gasteiger partial charge in [0, 0.05) is 25.5 Å². The Morgan fingerprint density at radius 1 is 0.686 bits per heavy atom. The molecule has 0 unspecified atom stereocenters. The maximum atomic E-state index is 15.4. The van der Waals surface area contributed by atoms with Crippen LogP contribution in [0.2, 0.25) is 0 Å². The third-order valence-electron chi connectivity index (χ3n) is 12.7. The first-order valence-corrected chi connectivity index (χ1v) is 23.3. The van der Waals surface area contributed by atoms with Crippen molar-refractivity contribution in [2.75, 3.05) is 31.3 Å². The molecule has 8 saturated heterocycles. The van der Waals surface area contributed by atoms with Gasteiger partial charge in [0.15, 0.2) is 4.87 Å². The van der Waals surface area contributed by atoms with Crippen molar-refractivity contribution >= 4 is 97.8 Å². The number of amides is 4. The quantitative estimate of drug-likeness (QED) is 0.287. The predicted molar refractivity (Wildman–Crippen MR) is 201 cm³/mol. The van der Waals surface area contributed by atoms with E-state index in [1.54, 1.807) is 13.1 Å². The van der Waals surface area contributed by atoms with E-state index in [1.165, 1.54) is 47.3 Å². The van der Waals surface area contributed by atoms with Crippen molar-refractivity contribution in [3.8, 4) is 0 Å². The van der Waals surface area contributed by atoms with Crippen molar-refractivity contribution < 1.29 is 34.5 Å². The molecule has 2 aromatic rings. The van der Waals surface area contributed by atoms with Crippen molar-refractivity contribution in [1.29, 1.82) is 0 Å². The zero-order chi connectivity index (χ0) is 35.8. The summed E-state index contributed by atoms with van der Waals surface area (Å²) in [7, 11) is 10.1. The molecule has 0 aromatic heterocycles. The summed E-state index contributed by atoms with van der Waals surface area (Å²) < 4.78 is 0. The minimum absolute atomic E-state index is 0.320. The fourth-order valence-corrected chi connectivity index (χ4v) is 22.7. The average molecular weight is 805 g/mol. The number of nitrogens with zero attached hydrogens (tertiary/aromatic N) is 4. The van der Waals surface area contributed by atoms with Gasteiger partial charge in [-0.3, -0.25) is 29.0 Å². The summed E-state index contributed by atoms with van der Waals surface area (Å²) in [4.78, 5) is 59.3. The van der Waals surface area contributed by atoms with Crippen LogP contribution in [-0.2, 0) is 30.0 Å². The van der Waals surface area contributed by atoms with E-state index >= 15 is 14.4 Å². The van der Waals surface area contributed by atoms with Crippen molar-refractivity contribution in [2.45, 2.75) is 68.7 Å². The zero-order valence-electron chi connectivity index (χ0n) is 27.4. The lowest BCUT2D eigenvalue weighted by Gasteiger charge is -2.52. The third-order valence-corrected chi connectivity index (χ3v) is 23.1. The number of anilines is 2. The number of carbonyl (C=O) groups is 4. The van der Waals surface area contributed by atoms with Gasteiger partial charge >= 0.3 is 0 Å². The highest BCUT2D eigenvalue weighted by molar-refractivity contribution is 9.10. The standard InChI is InChI=1S/C32H32N6O7S6/c1-14(2)30-26(45)38-22-29(16-10-6-8-12-18(16)34-22,20(41)32(38,49-51-47-30)25(44)36(30)4)28-15-9-5-7-11-17(15)33-21(28)37-23(42)27(13-39)35(3)24(43)31(37,19(28)40)48-50-46-27/h5-12,14,19-22,33-34,39-41H,13H2,1-4H3/t19-,20-,21-,22+,27-,28+,29-,30-,31-,32-/m0/s1. The molecule has 268 valence electrons. The molecule has 4 bridgehead atoms. The first-order valence-electron chi connectivity index (χ1n) is 16.3. The second-order valence-electron chi connectivity index (χ2n) is 14.5. The lowest BCUT2D eigenvalue weighted by molar-refractivity contribution is -0.169. The van der Waals surface area contributed by atoms with Crippen LogP contribution < -0.4 is 10.6 Å². The molecule has 10 atom stereocenters. The van der Waals surface area contributed by atoms with Crippen LogP contribution in [0.1, 0.15) is 25.0 Å². The second-order valence-corrected chi connectivity index (χ2v) is 23.2. The fraction of sp³-hybridized carbons (Fsp3) is 0.500. The normalized spacial score (nSPS) is 44.2. The number of hydrogen-bond donors (Lipinski definition) is 5. The molecule has 2 aromatic carbocycles. The van der Waals surface area contributed by atoms with Crippen molar-refractivity contribution in [3.05, 3.63) is 59.7 Å². The number of fused-ring (bicyclic) bond motifs is 13. The van der Waals surface area contributed by atoms with Crippen LogP contribution in [0, 0.1) is 5.92 Å². The summed E-state index contributed by atoms with van der Waals surface area (Å²) in [5.41, 5.74) is -1.21.